The van der Waals surface area contributed by atoms with Gasteiger partial charge in [-0.1, -0.05) is 96.1 Å². The lowest BCUT2D eigenvalue weighted by molar-refractivity contribution is -0.661. The summed E-state index contributed by atoms with van der Waals surface area (Å²) < 4.78 is 6.37. The Bertz CT molecular complexity index is 3060. The molecule has 8 nitrogen and oxygen atoms in total. The molecule has 6 heterocycles. The van der Waals surface area contributed by atoms with Crippen LogP contribution in [-0.4, -0.2) is 24.9 Å². The molecule has 0 amide bonds. The van der Waals surface area contributed by atoms with E-state index >= 15 is 0 Å². The second-order valence-corrected chi connectivity index (χ2v) is 18.6. The highest BCUT2D eigenvalue weighted by atomic mass is 15.0. The van der Waals surface area contributed by atoms with Gasteiger partial charge >= 0.3 is 11.6 Å². The van der Waals surface area contributed by atoms with E-state index in [4.69, 9.17) is 9.97 Å². The van der Waals surface area contributed by atoms with Crippen LogP contribution in [0.2, 0.25) is 0 Å². The van der Waals surface area contributed by atoms with Gasteiger partial charge in [-0.05, 0) is 131 Å². The molecule has 9 aromatic rings. The Balaban J connectivity index is 0.000000145. The maximum absolute atomic E-state index is 4.83. The van der Waals surface area contributed by atoms with Crippen molar-refractivity contribution in [3.8, 4) is 34.0 Å². The molecule has 0 atom stereocenters. The van der Waals surface area contributed by atoms with Gasteiger partial charge in [-0.25, -0.2) is 24.1 Å². The van der Waals surface area contributed by atoms with Crippen LogP contribution >= 0.6 is 0 Å². The van der Waals surface area contributed by atoms with Gasteiger partial charge in [-0.15, -0.1) is 0 Å². The van der Waals surface area contributed by atoms with Crippen molar-refractivity contribution < 1.29 is 13.7 Å². The number of hydrogen-bond donors (Lipinski definition) is 0. The SMILES string of the molecule is Cc1ccccc1-c1cc2cc(CC(C)C)cnc2c[n+]1C.Cc1ccccc1-c1nc2nccc(C(C)C)c2c[n+]1C.Cc1ccccc1-c1nc2nccc(CC(C)C)c2c[n+]1C. The summed E-state index contributed by atoms with van der Waals surface area (Å²) in [6, 6.07) is 33.9. The predicted molar refractivity (Wildman–Crippen MR) is 266 cm³/mol. The highest BCUT2D eigenvalue weighted by Gasteiger charge is 2.22. The van der Waals surface area contributed by atoms with Crippen molar-refractivity contribution in [2.24, 2.45) is 33.0 Å². The van der Waals surface area contributed by atoms with E-state index in [0.29, 0.717) is 17.8 Å². The van der Waals surface area contributed by atoms with Gasteiger partial charge in [0, 0.05) is 35.6 Å². The number of pyridine rings is 4. The molecule has 8 heteroatoms. The summed E-state index contributed by atoms with van der Waals surface area (Å²) in [5.41, 5.74) is 15.2. The first-order valence-corrected chi connectivity index (χ1v) is 22.9. The smallest absolute Gasteiger partial charge is 0.250 e. The largest absolute Gasteiger partial charge is 0.333 e. The first kappa shape index (κ1) is 46.2. The van der Waals surface area contributed by atoms with Crippen LogP contribution in [0.15, 0.2) is 134 Å². The molecular weight excluding hydrogens is 797 g/mol. The third kappa shape index (κ3) is 10.8. The maximum Gasteiger partial charge on any atom is 0.333 e. The third-order valence-corrected chi connectivity index (χ3v) is 11.9. The van der Waals surface area contributed by atoms with Crippen LogP contribution < -0.4 is 13.7 Å². The van der Waals surface area contributed by atoms with E-state index < -0.39 is 0 Å². The summed E-state index contributed by atoms with van der Waals surface area (Å²) in [5.74, 6) is 3.64. The van der Waals surface area contributed by atoms with E-state index in [2.05, 4.69) is 215 Å². The Kier molecular flexibility index (Phi) is 14.5. The lowest BCUT2D eigenvalue weighted by atomic mass is 10.0. The Hall–Kier alpha value is -6.80. The average molecular weight is 862 g/mol. The summed E-state index contributed by atoms with van der Waals surface area (Å²) in [4.78, 5) is 23.2. The van der Waals surface area contributed by atoms with E-state index in [0.717, 1.165) is 63.2 Å². The molecule has 0 aliphatic rings. The van der Waals surface area contributed by atoms with Crippen LogP contribution in [0, 0.1) is 32.6 Å². The molecule has 0 aliphatic heterocycles. The number of hydrogen-bond acceptors (Lipinski definition) is 5. The van der Waals surface area contributed by atoms with Crippen LogP contribution in [0.1, 0.15) is 80.8 Å². The molecule has 0 N–H and O–H groups in total. The molecule has 0 fully saturated rings. The van der Waals surface area contributed by atoms with Crippen molar-refractivity contribution >= 4 is 33.0 Å². The van der Waals surface area contributed by atoms with Crippen LogP contribution in [0.25, 0.3) is 67.0 Å². The molecule has 9 rings (SSSR count). The topological polar surface area (TPSA) is 76.1 Å². The number of aryl methyl sites for hydroxylation is 6. The van der Waals surface area contributed by atoms with Gasteiger partial charge in [0.15, 0.2) is 6.20 Å². The fourth-order valence-corrected chi connectivity index (χ4v) is 8.54. The molecule has 65 heavy (non-hydrogen) atoms. The molecule has 0 aliphatic carbocycles. The molecule has 0 bridgehead atoms. The minimum absolute atomic E-state index is 0.460. The second kappa shape index (κ2) is 20.4. The molecule has 3 aromatic carbocycles. The minimum atomic E-state index is 0.460. The van der Waals surface area contributed by atoms with Crippen molar-refractivity contribution in [2.75, 3.05) is 0 Å². The van der Waals surface area contributed by atoms with Crippen molar-refractivity contribution in [3.05, 3.63) is 168 Å². The molecular formula is C57H65N8+3. The van der Waals surface area contributed by atoms with E-state index in [1.807, 2.05) is 31.7 Å². The van der Waals surface area contributed by atoms with E-state index in [1.54, 1.807) is 0 Å². The second-order valence-electron chi connectivity index (χ2n) is 18.6. The van der Waals surface area contributed by atoms with E-state index in [-0.39, 0.29) is 0 Å². The predicted octanol–water partition coefficient (Wildman–Crippen LogP) is 11.4. The molecule has 0 radical (unpaired) electrons. The zero-order valence-electron chi connectivity index (χ0n) is 40.4. The zero-order chi connectivity index (χ0) is 46.4. The van der Waals surface area contributed by atoms with Gasteiger partial charge in [-0.2, -0.15) is 4.57 Å². The number of nitrogens with zero attached hydrogens (tertiary/aromatic N) is 8. The number of rotatable bonds is 8. The fraction of sp³-hybridized carbons (Fsp3) is 0.298. The molecule has 0 spiro atoms. The third-order valence-electron chi connectivity index (χ3n) is 11.9. The van der Waals surface area contributed by atoms with Crippen LogP contribution in [0.5, 0.6) is 0 Å². The van der Waals surface area contributed by atoms with E-state index in [1.165, 1.54) is 50.0 Å². The van der Waals surface area contributed by atoms with Gasteiger partial charge in [-0.3, -0.25) is 0 Å². The quantitative estimate of drug-likeness (QED) is 0.142. The van der Waals surface area contributed by atoms with Crippen LogP contribution in [-0.2, 0) is 34.0 Å². The highest BCUT2D eigenvalue weighted by molar-refractivity contribution is 5.82. The van der Waals surface area contributed by atoms with Crippen molar-refractivity contribution in [2.45, 2.75) is 81.1 Å². The average Bonchev–Trinajstić information content (AvgIpc) is 3.27. The fourth-order valence-electron chi connectivity index (χ4n) is 8.54. The number of fused-ring (bicyclic) bond motifs is 3. The Labute approximate surface area is 385 Å². The molecule has 6 aromatic heterocycles. The van der Waals surface area contributed by atoms with Gasteiger partial charge in [0.25, 0.3) is 11.3 Å². The van der Waals surface area contributed by atoms with Crippen molar-refractivity contribution in [3.63, 3.8) is 0 Å². The maximum atomic E-state index is 4.83. The summed E-state index contributed by atoms with van der Waals surface area (Å²) in [6.07, 6.45) is 14.3. The van der Waals surface area contributed by atoms with Gasteiger partial charge in [0.1, 0.15) is 25.0 Å². The monoisotopic (exact) mass is 862 g/mol. The summed E-state index contributed by atoms with van der Waals surface area (Å²) in [7, 11) is 6.19. The van der Waals surface area contributed by atoms with E-state index in [9.17, 15) is 0 Å². The number of benzene rings is 3. The molecule has 0 unspecified atom stereocenters. The van der Waals surface area contributed by atoms with Gasteiger partial charge in [0.05, 0.1) is 36.0 Å². The first-order valence-electron chi connectivity index (χ1n) is 22.9. The normalized spacial score (nSPS) is 11.3. The van der Waals surface area contributed by atoms with Gasteiger partial charge < -0.3 is 0 Å². The number of aromatic nitrogens is 8. The summed E-state index contributed by atoms with van der Waals surface area (Å²) in [5, 5.41) is 3.50. The van der Waals surface area contributed by atoms with Crippen LogP contribution in [0.4, 0.5) is 0 Å². The lowest BCUT2D eigenvalue weighted by Gasteiger charge is -2.08. The summed E-state index contributed by atoms with van der Waals surface area (Å²) >= 11 is 0. The Morgan fingerprint density at radius 1 is 0.508 bits per heavy atom. The molecule has 0 saturated carbocycles. The Morgan fingerprint density at radius 2 is 1.02 bits per heavy atom. The minimum Gasteiger partial charge on any atom is -0.250 e. The molecule has 330 valence electrons. The van der Waals surface area contributed by atoms with Crippen molar-refractivity contribution in [1.82, 2.24) is 24.9 Å². The highest BCUT2D eigenvalue weighted by Crippen LogP contribution is 2.27. The van der Waals surface area contributed by atoms with Crippen molar-refractivity contribution in [1.29, 1.82) is 0 Å². The first-order chi connectivity index (χ1) is 31.2. The van der Waals surface area contributed by atoms with Crippen LogP contribution in [0.3, 0.4) is 0 Å². The van der Waals surface area contributed by atoms with Gasteiger partial charge in [0.2, 0.25) is 5.69 Å². The standard InChI is InChI=1S/C20H23N2.C19H22N3.C18H20N3/c1-14(2)9-16-10-17-11-20(18-8-6-5-7-15(18)3)22(4)13-19(17)21-12-16;1-13(2)11-15-9-10-20-18-17(15)12-22(4)19(21-18)16-8-6-5-7-14(16)3;1-12(2)14-9-10-19-17-16(14)11-21(4)18(20-17)15-8-6-5-7-13(15)3/h5-8,10-14H,9H2,1-4H3;5-10,12-13H,11H2,1-4H3;5-12H,1-4H3/q3*+1. The zero-order valence-corrected chi connectivity index (χ0v) is 40.4. The Morgan fingerprint density at radius 3 is 1.55 bits per heavy atom. The summed E-state index contributed by atoms with van der Waals surface area (Å²) in [6.45, 7) is 19.7. The lowest BCUT2D eigenvalue weighted by Crippen LogP contribution is -2.32. The molecule has 0 saturated heterocycles.